The average Bonchev–Trinajstić information content (AvgIpc) is 2.33. The van der Waals surface area contributed by atoms with Crippen molar-refractivity contribution >= 4 is 11.4 Å². The molecule has 0 aromatic heterocycles. The van der Waals surface area contributed by atoms with Crippen LogP contribution in [-0.4, -0.2) is 11.7 Å². The van der Waals surface area contributed by atoms with Crippen LogP contribution in [0.5, 0.6) is 0 Å². The van der Waals surface area contributed by atoms with Crippen LogP contribution >= 0.6 is 0 Å². The van der Waals surface area contributed by atoms with Gasteiger partial charge in [-0.3, -0.25) is 0 Å². The Morgan fingerprint density at radius 2 is 1.05 bits per heavy atom. The number of nitrogens with zero attached hydrogens (tertiary/aromatic N) is 1. The zero-order valence-corrected chi connectivity index (χ0v) is 13.7. The van der Waals surface area contributed by atoms with E-state index in [1.807, 2.05) is 60.7 Å². The number of para-hydroxylation sites is 2. The quantitative estimate of drug-likeness (QED) is 0.636. The van der Waals surface area contributed by atoms with Gasteiger partial charge in [-0.1, -0.05) is 60.7 Å². The molecule has 2 rings (SSSR count). The summed E-state index contributed by atoms with van der Waals surface area (Å²) in [7, 11) is 0. The Bertz CT molecular complexity index is 350. The molecule has 0 bridgehead atoms. The van der Waals surface area contributed by atoms with Crippen molar-refractivity contribution in [3.63, 3.8) is 0 Å². The molecule has 0 amide bonds. The van der Waals surface area contributed by atoms with E-state index in [9.17, 15) is 0 Å². The van der Waals surface area contributed by atoms with Gasteiger partial charge in [-0.15, -0.1) is 11.4 Å². The van der Waals surface area contributed by atoms with Crippen LogP contribution < -0.4 is 24.8 Å². The van der Waals surface area contributed by atoms with Crippen molar-refractivity contribution in [1.82, 2.24) is 0 Å². The molecule has 2 aromatic rings. The predicted molar refractivity (Wildman–Crippen MR) is 68.3 cm³/mol. The minimum absolute atomic E-state index is 0. The van der Waals surface area contributed by atoms with E-state index in [4.69, 9.17) is 5.11 Å². The third-order valence-corrected chi connectivity index (χ3v) is 1.77. The molecule has 0 atom stereocenters. The molecular formula is C14H16Cl2NOTi. The summed E-state index contributed by atoms with van der Waals surface area (Å²) in [5.74, 6) is 0. The van der Waals surface area contributed by atoms with Crippen molar-refractivity contribution in [2.24, 2.45) is 0 Å². The van der Waals surface area contributed by atoms with Crippen LogP contribution in [0.2, 0.25) is 0 Å². The van der Waals surface area contributed by atoms with E-state index in [0.717, 1.165) is 11.4 Å². The number of rotatable bonds is 2. The molecule has 5 heteroatoms. The molecule has 0 heterocycles. The number of hydrogen-bond donors (Lipinski definition) is 1. The Balaban J connectivity index is -0.000000393. The van der Waals surface area contributed by atoms with Crippen LogP contribution in [0.3, 0.4) is 0 Å². The zero-order chi connectivity index (χ0) is 11.6. The monoisotopic (exact) mass is 332 g/mol. The predicted octanol–water partition coefficient (Wildman–Crippen LogP) is -1.97. The number of hydrogen-bond acceptors (Lipinski definition) is 1. The SMILES string of the molecule is CCO.[Cl-].[Cl-].[Ti+3].c1ccc([N-]c2ccccc2)cc1. The molecule has 19 heavy (non-hydrogen) atoms. The number of benzene rings is 2. The molecule has 0 saturated carbocycles. The van der Waals surface area contributed by atoms with Gasteiger partial charge in [0.2, 0.25) is 0 Å². The summed E-state index contributed by atoms with van der Waals surface area (Å²) >= 11 is 0. The van der Waals surface area contributed by atoms with Gasteiger partial charge in [0.05, 0.1) is 0 Å². The molecule has 0 fully saturated rings. The molecule has 0 saturated heterocycles. The van der Waals surface area contributed by atoms with Crippen LogP contribution in [-0.2, 0) is 21.7 Å². The van der Waals surface area contributed by atoms with Crippen LogP contribution in [0.15, 0.2) is 60.7 Å². The van der Waals surface area contributed by atoms with E-state index < -0.39 is 0 Å². The Hall–Kier alpha value is -0.506. The van der Waals surface area contributed by atoms with Crippen LogP contribution in [0.25, 0.3) is 5.32 Å². The van der Waals surface area contributed by atoms with Crippen molar-refractivity contribution < 1.29 is 51.6 Å². The van der Waals surface area contributed by atoms with Gasteiger partial charge >= 0.3 is 21.7 Å². The molecule has 2 nitrogen and oxygen atoms in total. The summed E-state index contributed by atoms with van der Waals surface area (Å²) in [6.07, 6.45) is 0. The van der Waals surface area contributed by atoms with Gasteiger partial charge in [0, 0.05) is 6.61 Å². The number of aliphatic hydroxyl groups excluding tert-OH is 1. The van der Waals surface area contributed by atoms with Crippen LogP contribution in [0, 0.1) is 0 Å². The van der Waals surface area contributed by atoms with Crippen molar-refractivity contribution in [1.29, 1.82) is 0 Å². The molecule has 0 unspecified atom stereocenters. The molecule has 101 valence electrons. The second-order valence-corrected chi connectivity index (χ2v) is 3.10. The topological polar surface area (TPSA) is 34.3 Å². The van der Waals surface area contributed by atoms with Crippen molar-refractivity contribution in [2.75, 3.05) is 6.61 Å². The first kappa shape index (κ1) is 23.6. The summed E-state index contributed by atoms with van der Waals surface area (Å²) < 4.78 is 0. The van der Waals surface area contributed by atoms with Crippen molar-refractivity contribution in [3.8, 4) is 0 Å². The van der Waals surface area contributed by atoms with Gasteiger partial charge in [-0.25, -0.2) is 0 Å². The molecule has 1 radical (unpaired) electrons. The standard InChI is InChI=1S/C12H10N.C2H6O.2ClH.Ti/c1-3-7-11(8-4-1)13-12-9-5-2-6-10-12;1-2-3;;;/h1-10H;3H,2H2,1H3;2*1H;/q-1;;;;+3/p-2. The third kappa shape index (κ3) is 11.1. The first-order valence-corrected chi connectivity index (χ1v) is 5.29. The minimum Gasteiger partial charge on any atom is -1.00 e. The normalized spacial score (nSPS) is 7.47. The summed E-state index contributed by atoms with van der Waals surface area (Å²) in [4.78, 5) is 0. The number of halogens is 2. The van der Waals surface area contributed by atoms with E-state index in [-0.39, 0.29) is 53.1 Å². The molecule has 0 aliphatic rings. The second-order valence-electron chi connectivity index (χ2n) is 3.10. The van der Waals surface area contributed by atoms with Crippen LogP contribution in [0.4, 0.5) is 11.4 Å². The van der Waals surface area contributed by atoms with Crippen LogP contribution in [0.1, 0.15) is 6.92 Å². The van der Waals surface area contributed by atoms with Crippen molar-refractivity contribution in [2.45, 2.75) is 6.92 Å². The molecule has 1 N–H and O–H groups in total. The van der Waals surface area contributed by atoms with Gasteiger partial charge in [-0.05, 0) is 6.92 Å². The van der Waals surface area contributed by atoms with Gasteiger partial charge < -0.3 is 35.2 Å². The Morgan fingerprint density at radius 3 is 1.32 bits per heavy atom. The molecule has 0 aliphatic carbocycles. The van der Waals surface area contributed by atoms with E-state index in [1.54, 1.807) is 6.92 Å². The first-order valence-electron chi connectivity index (χ1n) is 5.29. The maximum absolute atomic E-state index is 7.57. The molecule has 0 aliphatic heterocycles. The Kier molecular flexibility index (Phi) is 19.3. The summed E-state index contributed by atoms with van der Waals surface area (Å²) in [5.41, 5.74) is 1.99. The summed E-state index contributed by atoms with van der Waals surface area (Å²) in [5, 5.41) is 12.0. The second kappa shape index (κ2) is 15.6. The smallest absolute Gasteiger partial charge is 1.00 e. The van der Waals surface area contributed by atoms with Gasteiger partial charge in [-0.2, -0.15) is 0 Å². The Morgan fingerprint density at radius 1 is 0.789 bits per heavy atom. The van der Waals surface area contributed by atoms with E-state index in [2.05, 4.69) is 5.32 Å². The molecular weight excluding hydrogens is 317 g/mol. The average molecular weight is 333 g/mol. The maximum atomic E-state index is 7.57. The van der Waals surface area contributed by atoms with Gasteiger partial charge in [0.25, 0.3) is 0 Å². The zero-order valence-electron chi connectivity index (χ0n) is 10.6. The fraction of sp³-hybridized carbons (Fsp3) is 0.143. The largest absolute Gasteiger partial charge is 3.00 e. The fourth-order valence-corrected chi connectivity index (χ4v) is 1.15. The third-order valence-electron chi connectivity index (χ3n) is 1.77. The van der Waals surface area contributed by atoms with E-state index in [0.29, 0.717) is 0 Å². The Labute approximate surface area is 142 Å². The summed E-state index contributed by atoms with van der Waals surface area (Å²) in [6.45, 7) is 1.93. The molecule has 0 spiro atoms. The van der Waals surface area contributed by atoms with Crippen molar-refractivity contribution in [3.05, 3.63) is 66.0 Å². The van der Waals surface area contributed by atoms with E-state index in [1.165, 1.54) is 0 Å². The molecule has 2 aromatic carbocycles. The maximum Gasteiger partial charge on any atom is 3.00 e. The van der Waals surface area contributed by atoms with Gasteiger partial charge in [0.1, 0.15) is 0 Å². The minimum atomic E-state index is 0. The summed E-state index contributed by atoms with van der Waals surface area (Å²) in [6, 6.07) is 19.9. The number of aliphatic hydroxyl groups is 1. The first-order chi connectivity index (χ1) is 7.86. The van der Waals surface area contributed by atoms with E-state index >= 15 is 0 Å². The van der Waals surface area contributed by atoms with Gasteiger partial charge in [0.15, 0.2) is 0 Å². The fourth-order valence-electron chi connectivity index (χ4n) is 1.15.